The normalized spacial score (nSPS) is 10.6. The molecule has 26 heavy (non-hydrogen) atoms. The van der Waals surface area contributed by atoms with E-state index in [0.29, 0.717) is 0 Å². The lowest BCUT2D eigenvalue weighted by Crippen LogP contribution is -2.44. The number of urea groups is 1. The third-order valence-corrected chi connectivity index (χ3v) is 2.47. The summed E-state index contributed by atoms with van der Waals surface area (Å²) >= 11 is 0. The summed E-state index contributed by atoms with van der Waals surface area (Å²) in [4.78, 5) is 43.6. The number of nitrogens with one attached hydrogen (secondary N) is 2. The Morgan fingerprint density at radius 2 is 1.81 bits per heavy atom. The van der Waals surface area contributed by atoms with Crippen LogP contribution in [0.5, 0.6) is 5.75 Å². The molecule has 0 aliphatic rings. The Labute approximate surface area is 143 Å². The molecule has 1 aromatic rings. The number of imide groups is 1. The second-order valence-corrected chi connectivity index (χ2v) is 4.52. The van der Waals surface area contributed by atoms with Crippen LogP contribution in [0, 0.1) is 10.1 Å². The van der Waals surface area contributed by atoms with Crippen LogP contribution in [-0.4, -0.2) is 48.8 Å². The van der Waals surface area contributed by atoms with Gasteiger partial charge in [-0.3, -0.25) is 20.2 Å². The Balaban J connectivity index is 2.35. The minimum atomic E-state index is -4.65. The summed E-state index contributed by atoms with van der Waals surface area (Å²) < 4.78 is 44.9. The maximum atomic E-state index is 11.9. The Bertz CT molecular complexity index is 694. The molecule has 10 nitrogen and oxygen atoms in total. The van der Waals surface area contributed by atoms with E-state index in [2.05, 4.69) is 4.74 Å². The molecule has 142 valence electrons. The predicted octanol–water partition coefficient (Wildman–Crippen LogP) is 0.905. The van der Waals surface area contributed by atoms with Crippen molar-refractivity contribution >= 4 is 23.6 Å². The zero-order valence-corrected chi connectivity index (χ0v) is 12.9. The molecule has 2 N–H and O–H groups in total. The van der Waals surface area contributed by atoms with Gasteiger partial charge in [0.1, 0.15) is 6.54 Å². The molecule has 0 saturated carbocycles. The van der Waals surface area contributed by atoms with Gasteiger partial charge in [-0.1, -0.05) is 12.1 Å². The highest BCUT2D eigenvalue weighted by atomic mass is 19.4. The zero-order chi connectivity index (χ0) is 19.7. The second kappa shape index (κ2) is 9.19. The monoisotopic (exact) mass is 379 g/mol. The molecule has 0 aliphatic heterocycles. The molecule has 3 amide bonds. The molecular formula is C13H12F3N3O7. The molecule has 0 bridgehead atoms. The first-order valence-corrected chi connectivity index (χ1v) is 6.75. The van der Waals surface area contributed by atoms with Gasteiger partial charge in [-0.2, -0.15) is 13.2 Å². The Morgan fingerprint density at radius 1 is 1.15 bits per heavy atom. The van der Waals surface area contributed by atoms with Crippen LogP contribution in [0.25, 0.3) is 0 Å². The van der Waals surface area contributed by atoms with Crippen LogP contribution in [-0.2, 0) is 14.3 Å². The number of alkyl halides is 3. The smallest absolute Gasteiger partial charge is 0.405 e. The standard InChI is InChI=1S/C13H12F3N3O7/c14-13(15,16)7-17-12(22)18-10(20)5-26-11(21)6-25-9-4-2-1-3-8(9)19(23)24/h1-4H,5-7H2,(H2,17,18,20,22). The SMILES string of the molecule is O=C(COC(=O)COc1ccccc1[N+](=O)[O-])NC(=O)NCC(F)(F)F. The van der Waals surface area contributed by atoms with Gasteiger partial charge in [0.05, 0.1) is 4.92 Å². The van der Waals surface area contributed by atoms with Crippen molar-refractivity contribution in [2.45, 2.75) is 6.18 Å². The third-order valence-electron chi connectivity index (χ3n) is 2.47. The number of ether oxygens (including phenoxy) is 2. The van der Waals surface area contributed by atoms with Crippen LogP contribution in [0.1, 0.15) is 0 Å². The van der Waals surface area contributed by atoms with Gasteiger partial charge < -0.3 is 14.8 Å². The number of rotatable bonds is 7. The minimum absolute atomic E-state index is 0.203. The number of nitro benzene ring substituents is 1. The van der Waals surface area contributed by atoms with E-state index in [-0.39, 0.29) is 11.4 Å². The van der Waals surface area contributed by atoms with E-state index < -0.39 is 48.8 Å². The number of para-hydroxylation sites is 2. The number of hydrogen-bond donors (Lipinski definition) is 2. The van der Waals surface area contributed by atoms with E-state index in [0.717, 1.165) is 6.07 Å². The highest BCUT2D eigenvalue weighted by molar-refractivity contribution is 5.95. The van der Waals surface area contributed by atoms with Crippen LogP contribution in [0.15, 0.2) is 24.3 Å². The summed E-state index contributed by atoms with van der Waals surface area (Å²) in [6.45, 7) is -3.37. The van der Waals surface area contributed by atoms with E-state index in [1.807, 2.05) is 0 Å². The van der Waals surface area contributed by atoms with E-state index in [9.17, 15) is 37.7 Å². The molecule has 1 aromatic carbocycles. The highest BCUT2D eigenvalue weighted by Gasteiger charge is 2.28. The van der Waals surface area contributed by atoms with Gasteiger partial charge in [0, 0.05) is 6.07 Å². The molecule has 0 saturated heterocycles. The first-order valence-electron chi connectivity index (χ1n) is 6.75. The van der Waals surface area contributed by atoms with Crippen LogP contribution in [0.3, 0.4) is 0 Å². The molecule has 0 aromatic heterocycles. The van der Waals surface area contributed by atoms with Gasteiger partial charge in [-0.15, -0.1) is 0 Å². The molecule has 0 spiro atoms. The summed E-state index contributed by atoms with van der Waals surface area (Å²) in [5.41, 5.74) is -0.389. The molecule has 0 fully saturated rings. The topological polar surface area (TPSA) is 137 Å². The fourth-order valence-electron chi connectivity index (χ4n) is 1.44. The summed E-state index contributed by atoms with van der Waals surface area (Å²) in [6.07, 6.45) is -4.65. The number of halogens is 3. The lowest BCUT2D eigenvalue weighted by molar-refractivity contribution is -0.385. The molecule has 13 heteroatoms. The average molecular weight is 379 g/mol. The van der Waals surface area contributed by atoms with E-state index in [1.165, 1.54) is 28.8 Å². The molecule has 0 radical (unpaired) electrons. The van der Waals surface area contributed by atoms with Crippen LogP contribution < -0.4 is 15.4 Å². The van der Waals surface area contributed by atoms with Crippen LogP contribution in [0.2, 0.25) is 0 Å². The summed E-state index contributed by atoms with van der Waals surface area (Å²) in [6, 6.07) is 3.79. The van der Waals surface area contributed by atoms with Crippen molar-refractivity contribution in [1.29, 1.82) is 0 Å². The van der Waals surface area contributed by atoms with Crippen molar-refractivity contribution in [3.8, 4) is 5.75 Å². The van der Waals surface area contributed by atoms with E-state index >= 15 is 0 Å². The van der Waals surface area contributed by atoms with Crippen LogP contribution in [0.4, 0.5) is 23.7 Å². The summed E-state index contributed by atoms with van der Waals surface area (Å²) in [7, 11) is 0. The van der Waals surface area contributed by atoms with Gasteiger partial charge in [0.2, 0.25) is 0 Å². The highest BCUT2D eigenvalue weighted by Crippen LogP contribution is 2.25. The van der Waals surface area contributed by atoms with Crippen molar-refractivity contribution < 1.29 is 42.0 Å². The van der Waals surface area contributed by atoms with Gasteiger partial charge in [-0.05, 0) is 6.07 Å². The Hall–Kier alpha value is -3.38. The first-order chi connectivity index (χ1) is 12.1. The number of nitro groups is 1. The molecule has 0 atom stereocenters. The second-order valence-electron chi connectivity index (χ2n) is 4.52. The number of nitrogens with zero attached hydrogens (tertiary/aromatic N) is 1. The zero-order valence-electron chi connectivity index (χ0n) is 12.9. The number of carbonyl (C=O) groups excluding carboxylic acids is 3. The minimum Gasteiger partial charge on any atom is -0.475 e. The molecule has 0 heterocycles. The van der Waals surface area contributed by atoms with Crippen molar-refractivity contribution in [2.24, 2.45) is 0 Å². The Kier molecular flexibility index (Phi) is 7.31. The first kappa shape index (κ1) is 20.7. The van der Waals surface area contributed by atoms with Crippen molar-refractivity contribution in [3.05, 3.63) is 34.4 Å². The number of carbonyl (C=O) groups is 3. The van der Waals surface area contributed by atoms with Crippen molar-refractivity contribution in [3.63, 3.8) is 0 Å². The fourth-order valence-corrected chi connectivity index (χ4v) is 1.44. The third kappa shape index (κ3) is 7.94. The quantitative estimate of drug-likeness (QED) is 0.408. The number of hydrogen-bond acceptors (Lipinski definition) is 7. The van der Waals surface area contributed by atoms with Crippen LogP contribution >= 0.6 is 0 Å². The van der Waals surface area contributed by atoms with Crippen molar-refractivity contribution in [2.75, 3.05) is 19.8 Å². The van der Waals surface area contributed by atoms with Crippen molar-refractivity contribution in [1.82, 2.24) is 10.6 Å². The van der Waals surface area contributed by atoms with Gasteiger partial charge in [-0.25, -0.2) is 9.59 Å². The predicted molar refractivity (Wildman–Crippen MR) is 77.1 cm³/mol. The van der Waals surface area contributed by atoms with Gasteiger partial charge >= 0.3 is 23.9 Å². The van der Waals surface area contributed by atoms with Gasteiger partial charge in [0.15, 0.2) is 19.0 Å². The van der Waals surface area contributed by atoms with Gasteiger partial charge in [0.25, 0.3) is 5.91 Å². The molecule has 0 aliphatic carbocycles. The van der Waals surface area contributed by atoms with E-state index in [1.54, 1.807) is 0 Å². The molecule has 0 unspecified atom stereocenters. The molecule has 1 rings (SSSR count). The lowest BCUT2D eigenvalue weighted by atomic mass is 10.3. The summed E-state index contributed by atoms with van der Waals surface area (Å²) in [5.74, 6) is -2.47. The lowest BCUT2D eigenvalue weighted by Gasteiger charge is -2.09. The maximum absolute atomic E-state index is 11.9. The number of amides is 3. The number of benzene rings is 1. The Morgan fingerprint density at radius 3 is 2.42 bits per heavy atom. The fraction of sp³-hybridized carbons (Fsp3) is 0.308. The average Bonchev–Trinajstić information content (AvgIpc) is 2.56. The largest absolute Gasteiger partial charge is 0.475 e. The maximum Gasteiger partial charge on any atom is 0.405 e. The van der Waals surface area contributed by atoms with E-state index in [4.69, 9.17) is 4.74 Å². The summed E-state index contributed by atoms with van der Waals surface area (Å²) in [5, 5.41) is 13.6. The number of esters is 1. The molecular weight excluding hydrogens is 367 g/mol.